The Balaban J connectivity index is 1.75. The topological polar surface area (TPSA) is 81.6 Å². The molecule has 0 saturated heterocycles. The van der Waals surface area contributed by atoms with Crippen molar-refractivity contribution < 1.29 is 13.9 Å². The van der Waals surface area contributed by atoms with E-state index in [1.807, 2.05) is 30.3 Å². The standard InChI is InChI=1S/C20H18F2N6O/c1-14(28-10-19(25-26-28)15-5-3-2-4-6-15)20(29,11-27-13-23-12-24-27)17-8-7-16(21)9-18(17)22/h2-10,12-14,29H,11H2,1H3/t14-,20-/m1/s1. The van der Waals surface area contributed by atoms with E-state index in [0.717, 1.165) is 17.7 Å². The Hall–Kier alpha value is -3.46. The predicted octanol–water partition coefficient (Wildman–Crippen LogP) is 2.96. The molecule has 7 nitrogen and oxygen atoms in total. The highest BCUT2D eigenvalue weighted by atomic mass is 19.1. The van der Waals surface area contributed by atoms with Gasteiger partial charge in [0.25, 0.3) is 0 Å². The molecule has 148 valence electrons. The summed E-state index contributed by atoms with van der Waals surface area (Å²) in [6.45, 7) is 1.57. The van der Waals surface area contributed by atoms with E-state index >= 15 is 0 Å². The van der Waals surface area contributed by atoms with E-state index in [1.165, 1.54) is 28.1 Å². The number of hydrogen-bond donors (Lipinski definition) is 1. The van der Waals surface area contributed by atoms with Crippen LogP contribution in [-0.2, 0) is 12.1 Å². The van der Waals surface area contributed by atoms with Crippen molar-refractivity contribution in [2.45, 2.75) is 25.1 Å². The van der Waals surface area contributed by atoms with Crippen LogP contribution in [-0.4, -0.2) is 34.9 Å². The van der Waals surface area contributed by atoms with Crippen molar-refractivity contribution in [3.63, 3.8) is 0 Å². The highest BCUT2D eigenvalue weighted by Crippen LogP contribution is 2.36. The molecule has 0 aliphatic rings. The molecule has 0 aliphatic carbocycles. The molecule has 0 amide bonds. The quantitative estimate of drug-likeness (QED) is 0.542. The molecule has 0 unspecified atom stereocenters. The van der Waals surface area contributed by atoms with Crippen LogP contribution in [0, 0.1) is 11.6 Å². The summed E-state index contributed by atoms with van der Waals surface area (Å²) in [6.07, 6.45) is 4.40. The molecule has 0 radical (unpaired) electrons. The van der Waals surface area contributed by atoms with Crippen molar-refractivity contribution in [3.05, 3.63) is 84.6 Å². The molecular formula is C20H18F2N6O. The van der Waals surface area contributed by atoms with Crippen LogP contribution >= 0.6 is 0 Å². The second-order valence-corrected chi connectivity index (χ2v) is 6.77. The van der Waals surface area contributed by atoms with Crippen LogP contribution in [0.4, 0.5) is 8.78 Å². The van der Waals surface area contributed by atoms with Crippen molar-refractivity contribution in [3.8, 4) is 11.3 Å². The largest absolute Gasteiger partial charge is 0.381 e. The lowest BCUT2D eigenvalue weighted by molar-refractivity contribution is -0.0374. The fourth-order valence-corrected chi connectivity index (χ4v) is 3.27. The van der Waals surface area contributed by atoms with Gasteiger partial charge in [-0.25, -0.2) is 23.1 Å². The third kappa shape index (κ3) is 3.64. The molecule has 4 aromatic rings. The Labute approximate surface area is 165 Å². The van der Waals surface area contributed by atoms with Crippen LogP contribution in [0.1, 0.15) is 18.5 Å². The molecule has 2 atom stereocenters. The van der Waals surface area contributed by atoms with Crippen LogP contribution in [0.15, 0.2) is 67.4 Å². The van der Waals surface area contributed by atoms with Gasteiger partial charge in [-0.15, -0.1) is 5.10 Å². The van der Waals surface area contributed by atoms with E-state index in [0.29, 0.717) is 5.69 Å². The lowest BCUT2D eigenvalue weighted by Crippen LogP contribution is -2.41. The van der Waals surface area contributed by atoms with Gasteiger partial charge in [0.15, 0.2) is 0 Å². The third-order valence-corrected chi connectivity index (χ3v) is 4.93. The second kappa shape index (κ2) is 7.51. The van der Waals surface area contributed by atoms with Gasteiger partial charge < -0.3 is 5.11 Å². The zero-order valence-corrected chi connectivity index (χ0v) is 15.5. The highest BCUT2D eigenvalue weighted by Gasteiger charge is 2.41. The summed E-state index contributed by atoms with van der Waals surface area (Å²) in [5.74, 6) is -1.59. The van der Waals surface area contributed by atoms with E-state index in [9.17, 15) is 13.9 Å². The van der Waals surface area contributed by atoms with Crippen LogP contribution in [0.2, 0.25) is 0 Å². The number of hydrogen-bond acceptors (Lipinski definition) is 5. The van der Waals surface area contributed by atoms with Crippen LogP contribution < -0.4 is 0 Å². The number of aromatic nitrogens is 6. The Morgan fingerprint density at radius 1 is 1.14 bits per heavy atom. The smallest absolute Gasteiger partial charge is 0.137 e. The summed E-state index contributed by atoms with van der Waals surface area (Å²) in [5, 5.41) is 23.9. The molecule has 2 aromatic carbocycles. The molecule has 9 heteroatoms. The van der Waals surface area contributed by atoms with Gasteiger partial charge in [-0.3, -0.25) is 0 Å². The first kappa shape index (κ1) is 18.9. The number of rotatable bonds is 6. The summed E-state index contributed by atoms with van der Waals surface area (Å²) >= 11 is 0. The van der Waals surface area contributed by atoms with Gasteiger partial charge >= 0.3 is 0 Å². The fourth-order valence-electron chi connectivity index (χ4n) is 3.27. The normalized spacial score (nSPS) is 14.5. The Kier molecular flexibility index (Phi) is 4.89. The summed E-state index contributed by atoms with van der Waals surface area (Å²) in [6, 6.07) is 11.8. The second-order valence-electron chi connectivity index (χ2n) is 6.77. The summed E-state index contributed by atoms with van der Waals surface area (Å²) in [4.78, 5) is 3.86. The number of benzene rings is 2. The molecule has 0 spiro atoms. The minimum Gasteiger partial charge on any atom is -0.381 e. The van der Waals surface area contributed by atoms with Crippen LogP contribution in [0.5, 0.6) is 0 Å². The molecule has 1 N–H and O–H groups in total. The van der Waals surface area contributed by atoms with Gasteiger partial charge in [0.1, 0.15) is 35.6 Å². The van der Waals surface area contributed by atoms with E-state index in [4.69, 9.17) is 0 Å². The molecule has 0 saturated carbocycles. The summed E-state index contributed by atoms with van der Waals surface area (Å²) in [7, 11) is 0. The molecule has 29 heavy (non-hydrogen) atoms. The van der Waals surface area contributed by atoms with Crippen molar-refractivity contribution in [2.75, 3.05) is 0 Å². The van der Waals surface area contributed by atoms with Gasteiger partial charge in [-0.2, -0.15) is 5.10 Å². The van der Waals surface area contributed by atoms with Crippen LogP contribution in [0.3, 0.4) is 0 Å². The number of halogens is 2. The number of nitrogens with zero attached hydrogens (tertiary/aromatic N) is 6. The van der Waals surface area contributed by atoms with E-state index < -0.39 is 23.3 Å². The SMILES string of the molecule is C[C@@H](n1cc(-c2ccccc2)nn1)[C@](O)(Cn1cncn1)c1ccc(F)cc1F. The number of aliphatic hydroxyl groups is 1. The van der Waals surface area contributed by atoms with Crippen molar-refractivity contribution in [1.82, 2.24) is 29.8 Å². The van der Waals surface area contributed by atoms with Crippen LogP contribution in [0.25, 0.3) is 11.3 Å². The average molecular weight is 396 g/mol. The zero-order chi connectivity index (χ0) is 20.4. The van der Waals surface area contributed by atoms with Gasteiger partial charge in [0.2, 0.25) is 0 Å². The molecule has 0 bridgehead atoms. The molecule has 4 rings (SSSR count). The maximum absolute atomic E-state index is 14.6. The summed E-state index contributed by atoms with van der Waals surface area (Å²) < 4.78 is 30.9. The molecule has 0 aliphatic heterocycles. The molecule has 2 aromatic heterocycles. The maximum atomic E-state index is 14.6. The molecular weight excluding hydrogens is 378 g/mol. The van der Waals surface area contributed by atoms with Gasteiger partial charge in [0, 0.05) is 17.2 Å². The highest BCUT2D eigenvalue weighted by molar-refractivity contribution is 5.57. The predicted molar refractivity (Wildman–Crippen MR) is 100 cm³/mol. The Morgan fingerprint density at radius 3 is 2.62 bits per heavy atom. The molecule has 2 heterocycles. The monoisotopic (exact) mass is 396 g/mol. The van der Waals surface area contributed by atoms with E-state index in [1.54, 1.807) is 13.1 Å². The Bertz CT molecular complexity index is 1100. The van der Waals surface area contributed by atoms with E-state index in [2.05, 4.69) is 20.4 Å². The molecule has 0 fully saturated rings. The first-order chi connectivity index (χ1) is 14.0. The lowest BCUT2D eigenvalue weighted by Gasteiger charge is -2.34. The van der Waals surface area contributed by atoms with E-state index in [-0.39, 0.29) is 12.1 Å². The Morgan fingerprint density at radius 2 is 1.93 bits per heavy atom. The third-order valence-electron chi connectivity index (χ3n) is 4.93. The van der Waals surface area contributed by atoms with Crippen molar-refractivity contribution in [1.29, 1.82) is 0 Å². The van der Waals surface area contributed by atoms with Crippen molar-refractivity contribution in [2.24, 2.45) is 0 Å². The fraction of sp³-hybridized carbons (Fsp3) is 0.200. The van der Waals surface area contributed by atoms with Gasteiger partial charge in [-0.1, -0.05) is 41.6 Å². The average Bonchev–Trinajstić information content (AvgIpc) is 3.40. The van der Waals surface area contributed by atoms with Crippen molar-refractivity contribution >= 4 is 0 Å². The first-order valence-corrected chi connectivity index (χ1v) is 8.95. The zero-order valence-electron chi connectivity index (χ0n) is 15.5. The minimum absolute atomic E-state index is 0.0707. The minimum atomic E-state index is -1.80. The van der Waals surface area contributed by atoms with Gasteiger partial charge in [0.05, 0.1) is 18.8 Å². The lowest BCUT2D eigenvalue weighted by atomic mass is 9.86. The first-order valence-electron chi connectivity index (χ1n) is 8.95. The van der Waals surface area contributed by atoms with Gasteiger partial charge in [-0.05, 0) is 13.0 Å². The summed E-state index contributed by atoms with van der Waals surface area (Å²) in [5.41, 5.74) is -0.398. The maximum Gasteiger partial charge on any atom is 0.137 e.